The molecule has 6 nitrogen and oxygen atoms in total. The van der Waals surface area contributed by atoms with Gasteiger partial charge in [-0.1, -0.05) is 12.1 Å². The second-order valence-electron chi connectivity index (χ2n) is 9.05. The number of aryl methyl sites for hydroxylation is 1. The van der Waals surface area contributed by atoms with Gasteiger partial charge in [-0.15, -0.1) is 11.3 Å². The number of para-hydroxylation sites is 1. The van der Waals surface area contributed by atoms with E-state index in [4.69, 9.17) is 4.98 Å². The van der Waals surface area contributed by atoms with Crippen molar-refractivity contribution in [2.75, 3.05) is 17.2 Å². The van der Waals surface area contributed by atoms with Gasteiger partial charge in [0.15, 0.2) is 0 Å². The van der Waals surface area contributed by atoms with Crippen LogP contribution in [-0.2, 0) is 0 Å². The molecule has 2 aliphatic carbocycles. The van der Waals surface area contributed by atoms with E-state index in [1.165, 1.54) is 11.3 Å². The van der Waals surface area contributed by atoms with E-state index in [0.717, 1.165) is 34.5 Å². The zero-order chi connectivity index (χ0) is 23.2. The molecule has 0 saturated heterocycles. The van der Waals surface area contributed by atoms with Gasteiger partial charge < -0.3 is 15.7 Å². The van der Waals surface area contributed by atoms with Gasteiger partial charge in [0.05, 0.1) is 21.5 Å². The lowest BCUT2D eigenvalue weighted by atomic mass is 10.1. The summed E-state index contributed by atoms with van der Waals surface area (Å²) in [5, 5.41) is 16.2. The van der Waals surface area contributed by atoms with Crippen molar-refractivity contribution in [2.45, 2.75) is 57.3 Å². The number of aromatic nitrogens is 3. The van der Waals surface area contributed by atoms with Crippen molar-refractivity contribution in [1.82, 2.24) is 15.0 Å². The lowest BCUT2D eigenvalue weighted by molar-refractivity contribution is -0.146. The smallest absolute Gasteiger partial charge is 0.396 e. The van der Waals surface area contributed by atoms with Crippen LogP contribution in [0.5, 0.6) is 0 Å². The van der Waals surface area contributed by atoms with Crippen molar-refractivity contribution in [1.29, 1.82) is 0 Å². The average molecular weight is 478 g/mol. The monoisotopic (exact) mass is 477 g/mol. The number of aliphatic hydroxyl groups is 1. The molecule has 5 rings (SSSR count). The summed E-state index contributed by atoms with van der Waals surface area (Å²) >= 11 is 1.51. The molecule has 0 radical (unpaired) electrons. The molecule has 33 heavy (non-hydrogen) atoms. The molecule has 0 unspecified atom stereocenters. The van der Waals surface area contributed by atoms with Crippen LogP contribution in [0.2, 0.25) is 0 Å². The Labute approximate surface area is 193 Å². The Balaban J connectivity index is 1.53. The third kappa shape index (κ3) is 4.77. The lowest BCUT2D eigenvalue weighted by Crippen LogP contribution is -2.38. The van der Waals surface area contributed by atoms with Crippen LogP contribution >= 0.6 is 11.3 Å². The SMILES string of the molecule is Cc1nc(N[C@@H](C2CC2)C(F)(F)F)nc(N[C@H]2CC[C@@H](CO)C2)c1-c1nc2ccccc2s1. The van der Waals surface area contributed by atoms with Gasteiger partial charge in [-0.2, -0.15) is 18.2 Å². The van der Waals surface area contributed by atoms with Crippen LogP contribution in [0.3, 0.4) is 0 Å². The summed E-state index contributed by atoms with van der Waals surface area (Å²) in [6.07, 6.45) is -0.709. The molecule has 3 atom stereocenters. The number of rotatable bonds is 7. The maximum Gasteiger partial charge on any atom is 0.408 e. The Morgan fingerprint density at radius 2 is 1.91 bits per heavy atom. The highest BCUT2D eigenvalue weighted by atomic mass is 32.1. The molecule has 1 aromatic carbocycles. The molecule has 2 heterocycles. The van der Waals surface area contributed by atoms with E-state index in [2.05, 4.69) is 20.6 Å². The van der Waals surface area contributed by atoms with Crippen molar-refractivity contribution in [3.8, 4) is 10.6 Å². The van der Waals surface area contributed by atoms with Crippen LogP contribution in [0.4, 0.5) is 24.9 Å². The highest BCUT2D eigenvalue weighted by Gasteiger charge is 2.49. The van der Waals surface area contributed by atoms with Gasteiger partial charge in [0.25, 0.3) is 0 Å². The lowest BCUT2D eigenvalue weighted by Gasteiger charge is -2.23. The molecule has 2 aliphatic rings. The van der Waals surface area contributed by atoms with Crippen molar-refractivity contribution < 1.29 is 18.3 Å². The van der Waals surface area contributed by atoms with E-state index in [0.29, 0.717) is 29.9 Å². The fraction of sp³-hybridized carbons (Fsp3) is 0.522. The number of hydrogen-bond donors (Lipinski definition) is 3. The zero-order valence-electron chi connectivity index (χ0n) is 18.2. The first kappa shape index (κ1) is 22.3. The molecule has 3 N–H and O–H groups in total. The molecule has 2 aromatic heterocycles. The number of fused-ring (bicyclic) bond motifs is 1. The Morgan fingerprint density at radius 3 is 2.58 bits per heavy atom. The summed E-state index contributed by atoms with van der Waals surface area (Å²) in [7, 11) is 0. The minimum absolute atomic E-state index is 0.0224. The summed E-state index contributed by atoms with van der Waals surface area (Å²) in [4.78, 5) is 13.7. The normalized spacial score (nSPS) is 22.0. The fourth-order valence-electron chi connectivity index (χ4n) is 4.58. The summed E-state index contributed by atoms with van der Waals surface area (Å²) in [6, 6.07) is 6.22. The molecule has 2 saturated carbocycles. The second kappa shape index (κ2) is 8.72. The summed E-state index contributed by atoms with van der Waals surface area (Å²) < 4.78 is 41.8. The number of benzene rings is 1. The number of nitrogens with zero attached hydrogens (tertiary/aromatic N) is 3. The van der Waals surface area contributed by atoms with Gasteiger partial charge >= 0.3 is 6.18 Å². The van der Waals surface area contributed by atoms with Gasteiger partial charge in [-0.3, -0.25) is 0 Å². The number of hydrogen-bond acceptors (Lipinski definition) is 7. The standard InChI is InChI=1S/C23H26F3N5OS/c1-12-18(21-29-16-4-2-3-5-17(16)33-21)20(28-15-9-6-13(10-15)11-32)31-22(27-12)30-19(14-7-8-14)23(24,25)26/h2-5,13-15,19,32H,6-11H2,1H3,(H2,27,28,30,31)/t13-,15+,19+/m1/s1. The first-order valence-electron chi connectivity index (χ1n) is 11.3. The molecular weight excluding hydrogens is 451 g/mol. The second-order valence-corrected chi connectivity index (χ2v) is 10.1. The minimum Gasteiger partial charge on any atom is -0.396 e. The Morgan fingerprint density at radius 1 is 1.12 bits per heavy atom. The van der Waals surface area contributed by atoms with Crippen LogP contribution in [-0.4, -0.2) is 44.9 Å². The van der Waals surface area contributed by atoms with E-state index >= 15 is 0 Å². The number of anilines is 2. The third-order valence-electron chi connectivity index (χ3n) is 6.47. The Bertz CT molecular complexity index is 1110. The predicted molar refractivity (Wildman–Crippen MR) is 123 cm³/mol. The largest absolute Gasteiger partial charge is 0.408 e. The van der Waals surface area contributed by atoms with E-state index in [9.17, 15) is 18.3 Å². The summed E-state index contributed by atoms with van der Waals surface area (Å²) in [5.74, 6) is 0.253. The van der Waals surface area contributed by atoms with Gasteiger partial charge in [0, 0.05) is 12.6 Å². The predicted octanol–water partition coefficient (Wildman–Crippen LogP) is 5.39. The van der Waals surface area contributed by atoms with Crippen molar-refractivity contribution >= 4 is 33.3 Å². The molecule has 3 aromatic rings. The minimum atomic E-state index is -4.36. The van der Waals surface area contributed by atoms with Crippen molar-refractivity contribution in [2.24, 2.45) is 11.8 Å². The third-order valence-corrected chi connectivity index (χ3v) is 7.52. The number of nitrogens with one attached hydrogen (secondary N) is 2. The average Bonchev–Trinajstić information content (AvgIpc) is 3.34. The number of alkyl halides is 3. The molecule has 176 valence electrons. The fourth-order valence-corrected chi connectivity index (χ4v) is 5.64. The molecular formula is C23H26F3N5OS. The molecule has 0 spiro atoms. The van der Waals surface area contributed by atoms with Gasteiger partial charge in [0.1, 0.15) is 16.9 Å². The van der Waals surface area contributed by atoms with Crippen LogP contribution in [0, 0.1) is 18.8 Å². The van der Waals surface area contributed by atoms with Crippen molar-refractivity contribution in [3.05, 3.63) is 30.0 Å². The van der Waals surface area contributed by atoms with Gasteiger partial charge in [-0.25, -0.2) is 9.97 Å². The zero-order valence-corrected chi connectivity index (χ0v) is 19.0. The van der Waals surface area contributed by atoms with E-state index in [1.54, 1.807) is 6.92 Å². The first-order chi connectivity index (χ1) is 15.8. The van der Waals surface area contributed by atoms with Crippen LogP contribution in [0.1, 0.15) is 37.8 Å². The highest BCUT2D eigenvalue weighted by molar-refractivity contribution is 7.21. The van der Waals surface area contributed by atoms with Gasteiger partial charge in [0.2, 0.25) is 5.95 Å². The topological polar surface area (TPSA) is 83.0 Å². The first-order valence-corrected chi connectivity index (χ1v) is 12.1. The summed E-state index contributed by atoms with van der Waals surface area (Å²) in [5.41, 5.74) is 2.14. The van der Waals surface area contributed by atoms with Gasteiger partial charge in [-0.05, 0) is 63.0 Å². The molecule has 0 aliphatic heterocycles. The van der Waals surface area contributed by atoms with E-state index in [-0.39, 0.29) is 24.5 Å². The number of aliphatic hydroxyl groups excluding tert-OH is 1. The summed E-state index contributed by atoms with van der Waals surface area (Å²) in [6.45, 7) is 1.91. The maximum absolute atomic E-state index is 13.6. The van der Waals surface area contributed by atoms with E-state index in [1.807, 2.05) is 24.3 Å². The van der Waals surface area contributed by atoms with Crippen LogP contribution in [0.15, 0.2) is 24.3 Å². The highest BCUT2D eigenvalue weighted by Crippen LogP contribution is 2.42. The molecule has 0 bridgehead atoms. The van der Waals surface area contributed by atoms with Crippen LogP contribution in [0.25, 0.3) is 20.8 Å². The Kier molecular flexibility index (Phi) is 5.90. The van der Waals surface area contributed by atoms with Crippen LogP contribution < -0.4 is 10.6 Å². The maximum atomic E-state index is 13.6. The number of thiazole rings is 1. The quantitative estimate of drug-likeness (QED) is 0.423. The number of halogens is 3. The molecule has 0 amide bonds. The van der Waals surface area contributed by atoms with Crippen molar-refractivity contribution in [3.63, 3.8) is 0 Å². The molecule has 2 fully saturated rings. The molecule has 10 heteroatoms. The Hall–Kier alpha value is -2.46. The van der Waals surface area contributed by atoms with E-state index < -0.39 is 18.1 Å².